The molecule has 2 heterocycles. The second-order valence-electron chi connectivity index (χ2n) is 6.86. The number of piperidine rings is 1. The minimum atomic E-state index is -0.214. The van der Waals surface area contributed by atoms with Gasteiger partial charge in [0, 0.05) is 31.6 Å². The number of likely N-dealkylation sites (tertiary alicyclic amines) is 2. The fraction of sp³-hybridized carbons (Fsp3) is 0.611. The molecule has 1 amide bonds. The zero-order valence-corrected chi connectivity index (χ0v) is 13.8. The normalized spacial score (nSPS) is 23.7. The Morgan fingerprint density at radius 2 is 1.87 bits per heavy atom. The molecule has 0 bridgehead atoms. The van der Waals surface area contributed by atoms with Crippen LogP contribution in [0, 0.1) is 5.82 Å². The minimum absolute atomic E-state index is 0.214. The molecule has 0 spiro atoms. The lowest BCUT2D eigenvalue weighted by atomic mass is 10.0. The number of nitrogens with zero attached hydrogens (tertiary/aromatic N) is 2. The van der Waals surface area contributed by atoms with Gasteiger partial charge in [-0.1, -0.05) is 12.1 Å². The van der Waals surface area contributed by atoms with Crippen LogP contribution in [-0.2, 0) is 11.2 Å². The lowest BCUT2D eigenvalue weighted by Crippen LogP contribution is -2.46. The van der Waals surface area contributed by atoms with Crippen molar-refractivity contribution >= 4 is 5.91 Å². The van der Waals surface area contributed by atoms with Crippen molar-refractivity contribution in [2.45, 2.75) is 37.8 Å². The molecule has 1 N–H and O–H groups in total. The number of benzene rings is 1. The molecule has 4 nitrogen and oxygen atoms in total. The first kappa shape index (κ1) is 16.4. The Bertz CT molecular complexity index is 526. The van der Waals surface area contributed by atoms with E-state index in [2.05, 4.69) is 17.3 Å². The van der Waals surface area contributed by atoms with Gasteiger partial charge in [-0.3, -0.25) is 4.79 Å². The summed E-state index contributed by atoms with van der Waals surface area (Å²) >= 11 is 0. The van der Waals surface area contributed by atoms with Crippen LogP contribution in [-0.4, -0.2) is 61.0 Å². The predicted molar refractivity (Wildman–Crippen MR) is 88.7 cm³/mol. The van der Waals surface area contributed by atoms with Gasteiger partial charge in [0.15, 0.2) is 0 Å². The van der Waals surface area contributed by atoms with Crippen molar-refractivity contribution in [3.8, 4) is 0 Å². The molecule has 1 aromatic rings. The SMILES string of the molecule is CN1CCC(NC2CC(=O)N(CCc3ccc(F)cc3)C2)CC1. The quantitative estimate of drug-likeness (QED) is 0.896. The van der Waals surface area contributed by atoms with Gasteiger partial charge in [-0.2, -0.15) is 0 Å². The van der Waals surface area contributed by atoms with E-state index in [0.29, 0.717) is 12.5 Å². The highest BCUT2D eigenvalue weighted by molar-refractivity contribution is 5.79. The zero-order valence-electron chi connectivity index (χ0n) is 13.8. The van der Waals surface area contributed by atoms with Crippen LogP contribution in [0.3, 0.4) is 0 Å². The second kappa shape index (κ2) is 7.41. The molecule has 1 unspecified atom stereocenters. The van der Waals surface area contributed by atoms with Crippen LogP contribution >= 0.6 is 0 Å². The Balaban J connectivity index is 1.44. The third-order valence-corrected chi connectivity index (χ3v) is 4.99. The molecule has 2 aliphatic rings. The van der Waals surface area contributed by atoms with Crippen molar-refractivity contribution in [2.75, 3.05) is 33.2 Å². The number of amides is 1. The molecule has 5 heteroatoms. The zero-order chi connectivity index (χ0) is 16.2. The summed E-state index contributed by atoms with van der Waals surface area (Å²) in [6.07, 6.45) is 3.72. The number of rotatable bonds is 5. The highest BCUT2D eigenvalue weighted by Gasteiger charge is 2.31. The van der Waals surface area contributed by atoms with Crippen molar-refractivity contribution in [3.63, 3.8) is 0 Å². The summed E-state index contributed by atoms with van der Waals surface area (Å²) in [5.41, 5.74) is 1.07. The Morgan fingerprint density at radius 1 is 1.17 bits per heavy atom. The molecule has 1 atom stereocenters. The summed E-state index contributed by atoms with van der Waals surface area (Å²) in [5.74, 6) is 0.0194. The van der Waals surface area contributed by atoms with E-state index in [0.717, 1.165) is 51.0 Å². The van der Waals surface area contributed by atoms with E-state index < -0.39 is 0 Å². The standard InChI is InChI=1S/C18H26FN3O/c1-21-9-7-16(8-10-21)20-17-12-18(23)22(13-17)11-6-14-2-4-15(19)5-3-14/h2-5,16-17,20H,6-13H2,1H3. The maximum absolute atomic E-state index is 12.9. The number of hydrogen-bond acceptors (Lipinski definition) is 3. The average molecular weight is 319 g/mol. The van der Waals surface area contributed by atoms with E-state index in [4.69, 9.17) is 0 Å². The number of nitrogens with one attached hydrogen (secondary N) is 1. The molecule has 2 aliphatic heterocycles. The predicted octanol–water partition coefficient (Wildman–Crippen LogP) is 1.65. The summed E-state index contributed by atoms with van der Waals surface area (Å²) in [6, 6.07) is 7.37. The van der Waals surface area contributed by atoms with Gasteiger partial charge in [0.05, 0.1) is 0 Å². The van der Waals surface area contributed by atoms with Crippen molar-refractivity contribution in [1.82, 2.24) is 15.1 Å². The van der Waals surface area contributed by atoms with Gasteiger partial charge in [0.25, 0.3) is 0 Å². The van der Waals surface area contributed by atoms with Gasteiger partial charge in [-0.15, -0.1) is 0 Å². The highest BCUT2D eigenvalue weighted by Crippen LogP contribution is 2.16. The van der Waals surface area contributed by atoms with E-state index in [1.807, 2.05) is 4.90 Å². The third-order valence-electron chi connectivity index (χ3n) is 4.99. The van der Waals surface area contributed by atoms with Crippen molar-refractivity contribution < 1.29 is 9.18 Å². The monoisotopic (exact) mass is 319 g/mol. The Kier molecular flexibility index (Phi) is 5.28. The molecule has 126 valence electrons. The Morgan fingerprint density at radius 3 is 2.57 bits per heavy atom. The number of carbonyl (C=O) groups is 1. The van der Waals surface area contributed by atoms with Gasteiger partial charge >= 0.3 is 0 Å². The van der Waals surface area contributed by atoms with Crippen LogP contribution in [0.2, 0.25) is 0 Å². The summed E-state index contributed by atoms with van der Waals surface area (Å²) in [5, 5.41) is 3.67. The maximum Gasteiger partial charge on any atom is 0.224 e. The summed E-state index contributed by atoms with van der Waals surface area (Å²) in [4.78, 5) is 16.5. The van der Waals surface area contributed by atoms with Crippen LogP contribution < -0.4 is 5.32 Å². The van der Waals surface area contributed by atoms with Crippen molar-refractivity contribution in [1.29, 1.82) is 0 Å². The summed E-state index contributed by atoms with van der Waals surface area (Å²) < 4.78 is 12.9. The third kappa shape index (κ3) is 4.52. The first-order chi connectivity index (χ1) is 11.1. The highest BCUT2D eigenvalue weighted by atomic mass is 19.1. The topological polar surface area (TPSA) is 35.6 Å². The fourth-order valence-electron chi connectivity index (χ4n) is 3.52. The largest absolute Gasteiger partial charge is 0.341 e. The van der Waals surface area contributed by atoms with E-state index in [9.17, 15) is 9.18 Å². The molecule has 0 aromatic heterocycles. The van der Waals surface area contributed by atoms with Gasteiger partial charge in [-0.25, -0.2) is 4.39 Å². The van der Waals surface area contributed by atoms with Crippen LogP contribution in [0.5, 0.6) is 0 Å². The second-order valence-corrected chi connectivity index (χ2v) is 6.86. The molecular formula is C18H26FN3O. The Hall–Kier alpha value is -1.46. The molecule has 23 heavy (non-hydrogen) atoms. The van der Waals surface area contributed by atoms with Crippen molar-refractivity contribution in [2.24, 2.45) is 0 Å². The number of halogens is 1. The summed E-state index contributed by atoms with van der Waals surface area (Å²) in [7, 11) is 2.16. The molecule has 2 fully saturated rings. The maximum atomic E-state index is 12.9. The first-order valence-corrected chi connectivity index (χ1v) is 8.57. The molecule has 1 aromatic carbocycles. The van der Waals surface area contributed by atoms with Crippen LogP contribution in [0.4, 0.5) is 4.39 Å². The number of hydrogen-bond donors (Lipinski definition) is 1. The fourth-order valence-corrected chi connectivity index (χ4v) is 3.52. The van der Waals surface area contributed by atoms with E-state index in [1.54, 1.807) is 12.1 Å². The van der Waals surface area contributed by atoms with Gasteiger partial charge in [-0.05, 0) is 57.1 Å². The molecule has 2 saturated heterocycles. The molecule has 0 aliphatic carbocycles. The molecule has 0 saturated carbocycles. The average Bonchev–Trinajstić information content (AvgIpc) is 2.89. The molecular weight excluding hydrogens is 293 g/mol. The number of carbonyl (C=O) groups excluding carboxylic acids is 1. The summed E-state index contributed by atoms with van der Waals surface area (Å²) in [6.45, 7) is 3.78. The van der Waals surface area contributed by atoms with Crippen LogP contribution in [0.25, 0.3) is 0 Å². The van der Waals surface area contributed by atoms with Gasteiger partial charge in [0.2, 0.25) is 5.91 Å². The Labute approximate surface area is 137 Å². The molecule has 3 rings (SSSR count). The first-order valence-electron chi connectivity index (χ1n) is 8.57. The van der Waals surface area contributed by atoms with E-state index in [-0.39, 0.29) is 17.8 Å². The van der Waals surface area contributed by atoms with E-state index >= 15 is 0 Å². The van der Waals surface area contributed by atoms with Gasteiger partial charge in [0.1, 0.15) is 5.82 Å². The lowest BCUT2D eigenvalue weighted by molar-refractivity contribution is -0.127. The smallest absolute Gasteiger partial charge is 0.224 e. The van der Waals surface area contributed by atoms with Gasteiger partial charge < -0.3 is 15.1 Å². The van der Waals surface area contributed by atoms with Crippen LogP contribution in [0.1, 0.15) is 24.8 Å². The van der Waals surface area contributed by atoms with Crippen molar-refractivity contribution in [3.05, 3.63) is 35.6 Å². The molecule has 0 radical (unpaired) electrons. The van der Waals surface area contributed by atoms with Crippen LogP contribution in [0.15, 0.2) is 24.3 Å². The van der Waals surface area contributed by atoms with E-state index in [1.165, 1.54) is 12.1 Å². The lowest BCUT2D eigenvalue weighted by Gasteiger charge is -2.31. The minimum Gasteiger partial charge on any atom is -0.341 e.